The molecule has 0 unspecified atom stereocenters. The van der Waals surface area contributed by atoms with Crippen LogP contribution in [0, 0.1) is 5.41 Å². The van der Waals surface area contributed by atoms with Crippen molar-refractivity contribution in [2.75, 3.05) is 6.54 Å². The molecule has 86 valence electrons. The van der Waals surface area contributed by atoms with Crippen LogP contribution in [0.5, 0.6) is 0 Å². The normalized spacial score (nSPS) is 16.8. The Labute approximate surface area is 97.1 Å². The van der Waals surface area contributed by atoms with E-state index < -0.39 is 0 Å². The van der Waals surface area contributed by atoms with Crippen LogP contribution >= 0.6 is 0 Å². The Kier molecular flexibility index (Phi) is 3.28. The van der Waals surface area contributed by atoms with E-state index in [1.54, 1.807) is 0 Å². The SMILES string of the molecule is CCCC1(CNC(=O)c2ccccc2)CC1. The molecule has 0 bridgehead atoms. The second-order valence-electron chi connectivity index (χ2n) is 4.80. The first-order chi connectivity index (χ1) is 7.76. The number of carbonyl (C=O) groups is 1. The predicted molar refractivity (Wildman–Crippen MR) is 65.4 cm³/mol. The van der Waals surface area contributed by atoms with Crippen LogP contribution in [-0.2, 0) is 0 Å². The van der Waals surface area contributed by atoms with Crippen LogP contribution in [0.2, 0.25) is 0 Å². The number of hydrogen-bond donors (Lipinski definition) is 1. The van der Waals surface area contributed by atoms with Crippen molar-refractivity contribution >= 4 is 5.91 Å². The van der Waals surface area contributed by atoms with E-state index in [-0.39, 0.29) is 5.91 Å². The topological polar surface area (TPSA) is 29.1 Å². The lowest BCUT2D eigenvalue weighted by atomic mass is 10.0. The maximum Gasteiger partial charge on any atom is 0.251 e. The minimum atomic E-state index is 0.0583. The van der Waals surface area contributed by atoms with Gasteiger partial charge < -0.3 is 5.32 Å². The summed E-state index contributed by atoms with van der Waals surface area (Å²) in [4.78, 5) is 11.8. The van der Waals surface area contributed by atoms with Crippen LogP contribution in [0.4, 0.5) is 0 Å². The molecule has 2 heteroatoms. The van der Waals surface area contributed by atoms with E-state index >= 15 is 0 Å². The number of rotatable bonds is 5. The summed E-state index contributed by atoms with van der Waals surface area (Å²) in [6, 6.07) is 9.43. The van der Waals surface area contributed by atoms with E-state index in [2.05, 4.69) is 12.2 Å². The van der Waals surface area contributed by atoms with E-state index in [1.165, 1.54) is 25.7 Å². The zero-order chi connectivity index (χ0) is 11.4. The fourth-order valence-electron chi connectivity index (χ4n) is 2.18. The molecular formula is C14H19NO. The van der Waals surface area contributed by atoms with Gasteiger partial charge >= 0.3 is 0 Å². The van der Waals surface area contributed by atoms with Gasteiger partial charge in [0.2, 0.25) is 0 Å². The number of amides is 1. The number of carbonyl (C=O) groups excluding carboxylic acids is 1. The van der Waals surface area contributed by atoms with Gasteiger partial charge in [-0.15, -0.1) is 0 Å². The molecule has 1 aliphatic rings. The van der Waals surface area contributed by atoms with Gasteiger partial charge in [-0.3, -0.25) is 4.79 Å². The van der Waals surface area contributed by atoms with Crippen LogP contribution in [0.3, 0.4) is 0 Å². The molecule has 0 radical (unpaired) electrons. The maximum atomic E-state index is 11.8. The van der Waals surface area contributed by atoms with E-state index in [0.29, 0.717) is 5.41 Å². The summed E-state index contributed by atoms with van der Waals surface area (Å²) in [5, 5.41) is 3.05. The highest BCUT2D eigenvalue weighted by Gasteiger charge is 2.41. The van der Waals surface area contributed by atoms with Gasteiger partial charge in [-0.1, -0.05) is 31.5 Å². The Morgan fingerprint density at radius 2 is 2.00 bits per heavy atom. The van der Waals surface area contributed by atoms with Gasteiger partial charge in [0.25, 0.3) is 5.91 Å². The zero-order valence-corrected chi connectivity index (χ0v) is 9.83. The molecular weight excluding hydrogens is 198 g/mol. The third-order valence-corrected chi connectivity index (χ3v) is 3.40. The van der Waals surface area contributed by atoms with Crippen LogP contribution in [0.25, 0.3) is 0 Å². The van der Waals surface area contributed by atoms with E-state index in [1.807, 2.05) is 30.3 Å². The molecule has 1 fully saturated rings. The van der Waals surface area contributed by atoms with E-state index in [4.69, 9.17) is 0 Å². The molecule has 2 rings (SSSR count). The van der Waals surface area contributed by atoms with Crippen molar-refractivity contribution in [2.24, 2.45) is 5.41 Å². The van der Waals surface area contributed by atoms with Crippen molar-refractivity contribution < 1.29 is 4.79 Å². The average molecular weight is 217 g/mol. The summed E-state index contributed by atoms with van der Waals surface area (Å²) in [5.74, 6) is 0.0583. The van der Waals surface area contributed by atoms with Gasteiger partial charge in [0.15, 0.2) is 0 Å². The fraction of sp³-hybridized carbons (Fsp3) is 0.500. The van der Waals surface area contributed by atoms with Crippen molar-refractivity contribution in [3.05, 3.63) is 35.9 Å². The van der Waals surface area contributed by atoms with Gasteiger partial charge in [0.1, 0.15) is 0 Å². The van der Waals surface area contributed by atoms with Gasteiger partial charge in [-0.2, -0.15) is 0 Å². The largest absolute Gasteiger partial charge is 0.351 e. The minimum absolute atomic E-state index is 0.0583. The Morgan fingerprint density at radius 3 is 2.56 bits per heavy atom. The Balaban J connectivity index is 1.85. The van der Waals surface area contributed by atoms with Gasteiger partial charge in [-0.25, -0.2) is 0 Å². The molecule has 1 aliphatic carbocycles. The van der Waals surface area contributed by atoms with Crippen molar-refractivity contribution in [3.8, 4) is 0 Å². The molecule has 0 atom stereocenters. The molecule has 1 aromatic rings. The Bertz CT molecular complexity index is 354. The molecule has 1 amide bonds. The highest BCUT2D eigenvalue weighted by molar-refractivity contribution is 5.94. The molecule has 0 saturated heterocycles. The van der Waals surface area contributed by atoms with E-state index in [9.17, 15) is 4.79 Å². The lowest BCUT2D eigenvalue weighted by molar-refractivity contribution is 0.0943. The summed E-state index contributed by atoms with van der Waals surface area (Å²) in [6.07, 6.45) is 5.00. The molecule has 1 aromatic carbocycles. The Hall–Kier alpha value is -1.31. The van der Waals surface area contributed by atoms with Crippen molar-refractivity contribution in [3.63, 3.8) is 0 Å². The smallest absolute Gasteiger partial charge is 0.251 e. The summed E-state index contributed by atoms with van der Waals surface area (Å²) in [5.41, 5.74) is 1.19. The lowest BCUT2D eigenvalue weighted by Gasteiger charge is -2.14. The van der Waals surface area contributed by atoms with Crippen LogP contribution in [0.1, 0.15) is 43.0 Å². The molecule has 0 aliphatic heterocycles. The summed E-state index contributed by atoms with van der Waals surface area (Å²) < 4.78 is 0. The predicted octanol–water partition coefficient (Wildman–Crippen LogP) is 3.00. The van der Waals surface area contributed by atoms with Gasteiger partial charge in [0, 0.05) is 12.1 Å². The summed E-state index contributed by atoms with van der Waals surface area (Å²) in [7, 11) is 0. The number of benzene rings is 1. The molecule has 0 heterocycles. The first-order valence-corrected chi connectivity index (χ1v) is 6.09. The highest BCUT2D eigenvalue weighted by atomic mass is 16.1. The lowest BCUT2D eigenvalue weighted by Crippen LogP contribution is -2.30. The van der Waals surface area contributed by atoms with Gasteiger partial charge in [0.05, 0.1) is 0 Å². The first kappa shape index (κ1) is 11.2. The molecule has 1 N–H and O–H groups in total. The van der Waals surface area contributed by atoms with Gasteiger partial charge in [-0.05, 0) is 36.8 Å². The fourth-order valence-corrected chi connectivity index (χ4v) is 2.18. The van der Waals surface area contributed by atoms with Crippen molar-refractivity contribution in [2.45, 2.75) is 32.6 Å². The standard InChI is InChI=1S/C14H19NO/c1-2-8-14(9-10-14)11-15-13(16)12-6-4-3-5-7-12/h3-7H,2,8-11H2,1H3,(H,15,16). The summed E-state index contributed by atoms with van der Waals surface area (Å²) >= 11 is 0. The second-order valence-corrected chi connectivity index (χ2v) is 4.80. The number of nitrogens with one attached hydrogen (secondary N) is 1. The molecule has 0 aromatic heterocycles. The van der Waals surface area contributed by atoms with Crippen LogP contribution in [0.15, 0.2) is 30.3 Å². The summed E-state index contributed by atoms with van der Waals surface area (Å²) in [6.45, 7) is 3.05. The highest BCUT2D eigenvalue weighted by Crippen LogP contribution is 2.48. The monoisotopic (exact) mass is 217 g/mol. The molecule has 1 saturated carbocycles. The molecule has 2 nitrogen and oxygen atoms in total. The third kappa shape index (κ3) is 2.63. The van der Waals surface area contributed by atoms with Crippen molar-refractivity contribution in [1.82, 2.24) is 5.32 Å². The second kappa shape index (κ2) is 4.69. The molecule has 16 heavy (non-hydrogen) atoms. The van der Waals surface area contributed by atoms with E-state index in [0.717, 1.165) is 12.1 Å². The average Bonchev–Trinajstić information content (AvgIpc) is 3.08. The van der Waals surface area contributed by atoms with Crippen LogP contribution in [-0.4, -0.2) is 12.5 Å². The quantitative estimate of drug-likeness (QED) is 0.807. The maximum absolute atomic E-state index is 11.8. The molecule has 0 spiro atoms. The van der Waals surface area contributed by atoms with Crippen LogP contribution < -0.4 is 5.32 Å². The Morgan fingerprint density at radius 1 is 1.31 bits per heavy atom. The van der Waals surface area contributed by atoms with Crippen molar-refractivity contribution in [1.29, 1.82) is 0 Å². The first-order valence-electron chi connectivity index (χ1n) is 6.09. The zero-order valence-electron chi connectivity index (χ0n) is 9.83. The third-order valence-electron chi connectivity index (χ3n) is 3.40. The minimum Gasteiger partial charge on any atom is -0.351 e. The number of hydrogen-bond acceptors (Lipinski definition) is 1.